The maximum Gasteiger partial charge on any atom is 0.325 e. The molecular formula is C24H31N3O3. The lowest BCUT2D eigenvalue weighted by Gasteiger charge is -2.29. The molecule has 30 heavy (non-hydrogen) atoms. The number of aryl methyl sites for hydroxylation is 2. The Kier molecular flexibility index (Phi) is 6.01. The van der Waals surface area contributed by atoms with Crippen LogP contribution in [-0.4, -0.2) is 46.7 Å². The van der Waals surface area contributed by atoms with Gasteiger partial charge in [-0.15, -0.1) is 0 Å². The highest BCUT2D eigenvalue weighted by atomic mass is 16.3. The lowest BCUT2D eigenvalue weighted by Crippen LogP contribution is -2.47. The molecule has 6 nitrogen and oxygen atoms in total. The maximum atomic E-state index is 13.7. The van der Waals surface area contributed by atoms with Gasteiger partial charge >= 0.3 is 6.03 Å². The van der Waals surface area contributed by atoms with E-state index in [1.54, 1.807) is 0 Å². The van der Waals surface area contributed by atoms with Gasteiger partial charge in [0.2, 0.25) is 0 Å². The van der Waals surface area contributed by atoms with E-state index >= 15 is 0 Å². The van der Waals surface area contributed by atoms with Crippen molar-refractivity contribution < 1.29 is 14.7 Å². The van der Waals surface area contributed by atoms with E-state index in [0.717, 1.165) is 16.0 Å². The first-order chi connectivity index (χ1) is 14.0. The predicted octanol–water partition coefficient (Wildman–Crippen LogP) is 2.85. The van der Waals surface area contributed by atoms with Gasteiger partial charge in [-0.3, -0.25) is 9.69 Å². The Morgan fingerprint density at radius 1 is 0.967 bits per heavy atom. The van der Waals surface area contributed by atoms with Gasteiger partial charge in [0, 0.05) is 12.1 Å². The fraction of sp³-hybridized carbons (Fsp3) is 0.417. The summed E-state index contributed by atoms with van der Waals surface area (Å²) in [5.74, 6) is -0.380. The van der Waals surface area contributed by atoms with Crippen molar-refractivity contribution in [2.45, 2.75) is 51.8 Å². The quantitative estimate of drug-likeness (QED) is 0.641. The number of imide groups is 1. The number of carbonyl (C=O) groups excluding carboxylic acids is 2. The highest BCUT2D eigenvalue weighted by Crippen LogP contribution is 2.36. The highest BCUT2D eigenvalue weighted by Gasteiger charge is 2.53. The molecule has 0 bridgehead atoms. The van der Waals surface area contributed by atoms with Crippen LogP contribution in [0, 0.1) is 13.8 Å². The van der Waals surface area contributed by atoms with Crippen LogP contribution in [-0.2, 0) is 10.3 Å². The van der Waals surface area contributed by atoms with Crippen LogP contribution in [0.1, 0.15) is 43.0 Å². The predicted molar refractivity (Wildman–Crippen MR) is 117 cm³/mol. The molecule has 1 aliphatic heterocycles. The van der Waals surface area contributed by atoms with Crippen molar-refractivity contribution in [3.05, 3.63) is 70.8 Å². The topological polar surface area (TPSA) is 81.7 Å². The molecule has 1 heterocycles. The van der Waals surface area contributed by atoms with Crippen LogP contribution in [0.25, 0.3) is 0 Å². The number of hydrogen-bond donors (Lipinski definition) is 3. The van der Waals surface area contributed by atoms with Crippen LogP contribution in [0.5, 0.6) is 0 Å². The van der Waals surface area contributed by atoms with Crippen LogP contribution >= 0.6 is 0 Å². The molecular weight excluding hydrogens is 378 g/mol. The molecule has 2 aromatic carbocycles. The molecule has 2 aromatic rings. The van der Waals surface area contributed by atoms with Gasteiger partial charge in [0.15, 0.2) is 5.54 Å². The number of nitrogens with zero attached hydrogens (tertiary/aromatic N) is 1. The second kappa shape index (κ2) is 8.20. The molecule has 0 aliphatic carbocycles. The minimum Gasteiger partial charge on any atom is -0.390 e. The summed E-state index contributed by atoms with van der Waals surface area (Å²) in [6.07, 6.45) is -0.870. The molecule has 3 rings (SSSR count). The molecule has 160 valence electrons. The number of aliphatic hydroxyl groups is 1. The first-order valence-corrected chi connectivity index (χ1v) is 10.2. The van der Waals surface area contributed by atoms with Crippen molar-refractivity contribution in [2.24, 2.45) is 0 Å². The molecule has 0 saturated carbocycles. The summed E-state index contributed by atoms with van der Waals surface area (Å²) in [5, 5.41) is 16.6. The fourth-order valence-electron chi connectivity index (χ4n) is 3.61. The molecule has 1 aliphatic rings. The third kappa shape index (κ3) is 4.40. The molecule has 1 unspecified atom stereocenters. The number of β-amino-alcohol motifs (C(OH)–C–C–N with tert-alkyl or cyclic N) is 1. The van der Waals surface area contributed by atoms with Gasteiger partial charge in [-0.05, 0) is 45.7 Å². The number of hydrogen-bond acceptors (Lipinski definition) is 4. The van der Waals surface area contributed by atoms with Gasteiger partial charge in [0.25, 0.3) is 5.91 Å². The third-order valence-electron chi connectivity index (χ3n) is 5.34. The maximum absolute atomic E-state index is 13.7. The Morgan fingerprint density at radius 2 is 1.43 bits per heavy atom. The van der Waals surface area contributed by atoms with Gasteiger partial charge in [-0.25, -0.2) is 4.79 Å². The average molecular weight is 410 g/mol. The normalized spacial score (nSPS) is 17.2. The summed E-state index contributed by atoms with van der Waals surface area (Å²) in [4.78, 5) is 27.7. The number of nitrogens with one attached hydrogen (secondary N) is 2. The zero-order valence-electron chi connectivity index (χ0n) is 18.3. The Balaban J connectivity index is 1.96. The fourth-order valence-corrected chi connectivity index (χ4v) is 3.61. The van der Waals surface area contributed by atoms with Crippen LogP contribution in [0.4, 0.5) is 4.79 Å². The largest absolute Gasteiger partial charge is 0.390 e. The summed E-state index contributed by atoms with van der Waals surface area (Å²) < 4.78 is 0. The number of amides is 3. The molecule has 0 spiro atoms. The van der Waals surface area contributed by atoms with E-state index in [0.29, 0.717) is 11.1 Å². The molecule has 1 atom stereocenters. The number of benzene rings is 2. The van der Waals surface area contributed by atoms with Crippen molar-refractivity contribution >= 4 is 11.9 Å². The standard InChI is InChI=1S/C24H31N3O3/c1-16-6-10-18(11-7-16)24(19-12-8-17(2)9-13-19)21(29)27(22(30)26-24)15-20(28)14-25-23(3,4)5/h6-13,20,25,28H,14-15H2,1-5H3,(H,26,30). The van der Waals surface area contributed by atoms with Crippen LogP contribution in [0.3, 0.4) is 0 Å². The van der Waals surface area contributed by atoms with E-state index in [1.165, 1.54) is 0 Å². The van der Waals surface area contributed by atoms with Gasteiger partial charge in [-0.1, -0.05) is 59.7 Å². The summed E-state index contributed by atoms with van der Waals surface area (Å²) in [6.45, 7) is 10.1. The van der Waals surface area contributed by atoms with Crippen molar-refractivity contribution in [1.82, 2.24) is 15.5 Å². The van der Waals surface area contributed by atoms with E-state index in [9.17, 15) is 14.7 Å². The van der Waals surface area contributed by atoms with Crippen molar-refractivity contribution in [2.75, 3.05) is 13.1 Å². The number of urea groups is 1. The Hall–Kier alpha value is -2.70. The molecule has 3 amide bonds. The number of aliphatic hydroxyl groups excluding tert-OH is 1. The molecule has 1 fully saturated rings. The minimum absolute atomic E-state index is 0.0762. The van der Waals surface area contributed by atoms with Gasteiger partial charge in [-0.2, -0.15) is 0 Å². The average Bonchev–Trinajstić information content (AvgIpc) is 2.92. The van der Waals surface area contributed by atoms with E-state index in [1.807, 2.05) is 83.1 Å². The molecule has 3 N–H and O–H groups in total. The number of rotatable bonds is 6. The molecule has 0 radical (unpaired) electrons. The second-order valence-corrected chi connectivity index (χ2v) is 9.11. The smallest absolute Gasteiger partial charge is 0.325 e. The van der Waals surface area contributed by atoms with Crippen molar-refractivity contribution in [1.29, 1.82) is 0 Å². The Bertz CT molecular complexity index is 869. The summed E-state index contributed by atoms with van der Waals surface area (Å²) >= 11 is 0. The van der Waals surface area contributed by atoms with Crippen LogP contribution in [0.2, 0.25) is 0 Å². The summed E-state index contributed by atoms with van der Waals surface area (Å²) in [5.41, 5.74) is 2.03. The minimum atomic E-state index is -1.31. The molecule has 1 saturated heterocycles. The van der Waals surface area contributed by atoms with E-state index in [4.69, 9.17) is 0 Å². The monoisotopic (exact) mass is 409 g/mol. The third-order valence-corrected chi connectivity index (χ3v) is 5.34. The summed E-state index contributed by atoms with van der Waals surface area (Å²) in [7, 11) is 0. The van der Waals surface area contributed by atoms with Crippen LogP contribution in [0.15, 0.2) is 48.5 Å². The molecule has 0 aromatic heterocycles. The van der Waals surface area contributed by atoms with Crippen molar-refractivity contribution in [3.63, 3.8) is 0 Å². The summed E-state index contributed by atoms with van der Waals surface area (Å²) in [6, 6.07) is 14.7. The SMILES string of the molecule is Cc1ccc(C2(c3ccc(C)cc3)NC(=O)N(CC(O)CNC(C)(C)C)C2=O)cc1. The lowest BCUT2D eigenvalue weighted by molar-refractivity contribution is -0.131. The lowest BCUT2D eigenvalue weighted by atomic mass is 9.82. The Labute approximate surface area is 178 Å². The molecule has 6 heteroatoms. The first-order valence-electron chi connectivity index (χ1n) is 10.2. The van der Waals surface area contributed by atoms with E-state index in [2.05, 4.69) is 10.6 Å². The number of carbonyl (C=O) groups is 2. The van der Waals surface area contributed by atoms with Gasteiger partial charge in [0.05, 0.1) is 12.6 Å². The van der Waals surface area contributed by atoms with E-state index < -0.39 is 17.7 Å². The van der Waals surface area contributed by atoms with Gasteiger partial charge in [0.1, 0.15) is 0 Å². The van der Waals surface area contributed by atoms with Crippen LogP contribution < -0.4 is 10.6 Å². The first kappa shape index (κ1) is 22.0. The second-order valence-electron chi connectivity index (χ2n) is 9.11. The zero-order valence-corrected chi connectivity index (χ0v) is 18.3. The zero-order chi connectivity index (χ0) is 22.1. The Morgan fingerprint density at radius 3 is 1.87 bits per heavy atom. The van der Waals surface area contributed by atoms with Gasteiger partial charge < -0.3 is 15.7 Å². The van der Waals surface area contributed by atoms with Crippen molar-refractivity contribution in [3.8, 4) is 0 Å². The van der Waals surface area contributed by atoms with E-state index in [-0.39, 0.29) is 24.5 Å². The highest BCUT2D eigenvalue weighted by molar-refractivity contribution is 6.09.